The maximum Gasteiger partial charge on any atom is 0.341 e. The molecule has 0 unspecified atom stereocenters. The summed E-state index contributed by atoms with van der Waals surface area (Å²) in [4.78, 5) is 42.0. The fourth-order valence-corrected chi connectivity index (χ4v) is 4.69. The van der Waals surface area contributed by atoms with E-state index < -0.39 is 17.8 Å². The molecule has 12 heteroatoms. The van der Waals surface area contributed by atoms with Crippen LogP contribution in [-0.4, -0.2) is 48.8 Å². The van der Waals surface area contributed by atoms with Gasteiger partial charge in [-0.2, -0.15) is 10.2 Å². The Morgan fingerprint density at radius 1 is 1.24 bits per heavy atom. The average Bonchev–Trinajstić information content (AvgIpc) is 3.48. The highest BCUT2D eigenvalue weighted by Crippen LogP contribution is 2.34. The van der Waals surface area contributed by atoms with Crippen LogP contribution in [0, 0.1) is 13.8 Å². The predicted octanol–water partition coefficient (Wildman–Crippen LogP) is 2.82. The number of nitrogens with two attached hydrogens (primary N) is 1. The molecule has 0 radical (unpaired) electrons. The highest BCUT2D eigenvalue weighted by molar-refractivity contribution is 7.18. The summed E-state index contributed by atoms with van der Waals surface area (Å²) in [7, 11) is 0. The van der Waals surface area contributed by atoms with E-state index in [1.165, 1.54) is 6.20 Å². The molecule has 2 amide bonds. The van der Waals surface area contributed by atoms with Crippen LogP contribution in [0.4, 0.5) is 5.00 Å². The molecule has 0 spiro atoms. The normalized spacial score (nSPS) is 11.1. The van der Waals surface area contributed by atoms with Gasteiger partial charge in [0.05, 0.1) is 34.6 Å². The van der Waals surface area contributed by atoms with Gasteiger partial charge in [-0.05, 0) is 39.3 Å². The molecule has 4 rings (SSSR count). The largest absolute Gasteiger partial charge is 0.462 e. The number of carbonyl (C=O) groups excluding carboxylic acids is 3. The zero-order chi connectivity index (χ0) is 24.6. The summed E-state index contributed by atoms with van der Waals surface area (Å²) in [6.45, 7) is 8.01. The Morgan fingerprint density at radius 2 is 2.00 bits per heavy atom. The Kier molecular flexibility index (Phi) is 6.16. The topological polar surface area (TPSA) is 146 Å². The molecule has 0 aliphatic carbocycles. The fraction of sp³-hybridized carbons (Fsp3) is 0.273. The molecule has 0 aliphatic rings. The van der Waals surface area contributed by atoms with Gasteiger partial charge >= 0.3 is 5.97 Å². The Balaban J connectivity index is 1.74. The van der Waals surface area contributed by atoms with Crippen molar-refractivity contribution in [1.82, 2.24) is 24.4 Å². The molecule has 0 atom stereocenters. The number of hydrogen-bond acceptors (Lipinski definition) is 8. The van der Waals surface area contributed by atoms with Gasteiger partial charge in [-0.15, -0.1) is 11.3 Å². The first-order valence-corrected chi connectivity index (χ1v) is 11.4. The van der Waals surface area contributed by atoms with Gasteiger partial charge in [0.2, 0.25) is 0 Å². The molecule has 0 fully saturated rings. The third-order valence-corrected chi connectivity index (χ3v) is 6.49. The number of esters is 1. The number of carbonyl (C=O) groups is 3. The minimum absolute atomic E-state index is 0.0988. The summed E-state index contributed by atoms with van der Waals surface area (Å²) < 4.78 is 8.49. The van der Waals surface area contributed by atoms with Crippen LogP contribution in [0.5, 0.6) is 0 Å². The van der Waals surface area contributed by atoms with Gasteiger partial charge in [-0.1, -0.05) is 0 Å². The summed E-state index contributed by atoms with van der Waals surface area (Å²) in [5.74, 6) is -1.88. The lowest BCUT2D eigenvalue weighted by molar-refractivity contribution is 0.0527. The van der Waals surface area contributed by atoms with Gasteiger partial charge in [0.25, 0.3) is 11.8 Å². The maximum atomic E-state index is 13.2. The van der Waals surface area contributed by atoms with E-state index in [0.29, 0.717) is 11.2 Å². The van der Waals surface area contributed by atoms with Gasteiger partial charge in [0.15, 0.2) is 5.65 Å². The van der Waals surface area contributed by atoms with Crippen LogP contribution in [0.25, 0.3) is 16.9 Å². The lowest BCUT2D eigenvalue weighted by Gasteiger charge is -2.07. The first-order valence-electron chi connectivity index (χ1n) is 10.6. The van der Waals surface area contributed by atoms with E-state index in [-0.39, 0.29) is 27.6 Å². The molecule has 176 valence electrons. The molecule has 0 bridgehead atoms. The molecule has 3 N–H and O–H groups in total. The van der Waals surface area contributed by atoms with E-state index in [9.17, 15) is 14.4 Å². The van der Waals surface area contributed by atoms with Gasteiger partial charge < -0.3 is 15.8 Å². The third kappa shape index (κ3) is 3.92. The zero-order valence-electron chi connectivity index (χ0n) is 19.1. The Morgan fingerprint density at radius 3 is 2.65 bits per heavy atom. The number of ether oxygens (including phenoxy) is 1. The highest BCUT2D eigenvalue weighted by atomic mass is 32.1. The van der Waals surface area contributed by atoms with Crippen LogP contribution < -0.4 is 11.1 Å². The second-order valence-corrected chi connectivity index (χ2v) is 8.43. The van der Waals surface area contributed by atoms with E-state index >= 15 is 0 Å². The van der Waals surface area contributed by atoms with Crippen LogP contribution in [0.2, 0.25) is 0 Å². The molecule has 4 aromatic rings. The highest BCUT2D eigenvalue weighted by Gasteiger charge is 2.27. The molecule has 34 heavy (non-hydrogen) atoms. The number of fused-ring (bicyclic) bond motifs is 1. The summed E-state index contributed by atoms with van der Waals surface area (Å²) in [6.07, 6.45) is 4.91. The zero-order valence-corrected chi connectivity index (χ0v) is 19.9. The molecule has 0 aromatic carbocycles. The third-order valence-electron chi connectivity index (χ3n) is 5.27. The van der Waals surface area contributed by atoms with Crippen molar-refractivity contribution in [2.45, 2.75) is 34.2 Å². The second kappa shape index (κ2) is 9.06. The molecule has 0 saturated heterocycles. The van der Waals surface area contributed by atoms with E-state index in [4.69, 9.17) is 10.5 Å². The van der Waals surface area contributed by atoms with E-state index in [1.54, 1.807) is 30.6 Å². The molecule has 0 saturated carbocycles. The molecule has 11 nitrogen and oxygen atoms in total. The van der Waals surface area contributed by atoms with Crippen molar-refractivity contribution in [2.24, 2.45) is 5.73 Å². The summed E-state index contributed by atoms with van der Waals surface area (Å²) >= 11 is 0.921. The van der Waals surface area contributed by atoms with Crippen molar-refractivity contribution >= 4 is 39.8 Å². The first kappa shape index (κ1) is 23.1. The average molecular weight is 482 g/mol. The number of primary amides is 1. The van der Waals surface area contributed by atoms with Gasteiger partial charge in [0, 0.05) is 24.5 Å². The molecule has 4 aromatic heterocycles. The second-order valence-electron chi connectivity index (χ2n) is 7.41. The van der Waals surface area contributed by atoms with Crippen molar-refractivity contribution in [1.29, 1.82) is 0 Å². The molecular weight excluding hydrogens is 458 g/mol. The van der Waals surface area contributed by atoms with E-state index in [0.717, 1.165) is 34.8 Å². The quantitative estimate of drug-likeness (QED) is 0.386. The standard InChI is InChI=1S/C22H23N7O4S/c1-5-28-10-14(12(4)27-28)15-7-8-24-19-13(9-25-29(15)19)20(31)26-21-16(22(32)33-6-2)11(3)17(34-21)18(23)30/h7-10H,5-6H2,1-4H3,(H2,23,30)(H,26,31). The van der Waals surface area contributed by atoms with Crippen LogP contribution in [0.3, 0.4) is 0 Å². The number of nitrogens with zero attached hydrogens (tertiary/aromatic N) is 5. The van der Waals surface area contributed by atoms with Crippen molar-refractivity contribution in [3.05, 3.63) is 51.9 Å². The van der Waals surface area contributed by atoms with Crippen LogP contribution in [0.1, 0.15) is 55.5 Å². The van der Waals surface area contributed by atoms with Crippen molar-refractivity contribution in [2.75, 3.05) is 11.9 Å². The summed E-state index contributed by atoms with van der Waals surface area (Å²) in [5.41, 5.74) is 8.85. The first-order chi connectivity index (χ1) is 16.3. The SMILES string of the molecule is CCOC(=O)c1c(NC(=O)c2cnn3c(-c4cn(CC)nc4C)ccnc23)sc(C(N)=O)c1C. The molecule has 4 heterocycles. The number of hydrogen-bond donors (Lipinski definition) is 2. The fourth-order valence-electron chi connectivity index (χ4n) is 3.64. The minimum atomic E-state index is -0.696. The van der Waals surface area contributed by atoms with Gasteiger partial charge in [-0.25, -0.2) is 14.3 Å². The number of aryl methyl sites for hydroxylation is 2. The lowest BCUT2D eigenvalue weighted by atomic mass is 10.1. The Hall–Kier alpha value is -4.06. The number of anilines is 1. The summed E-state index contributed by atoms with van der Waals surface area (Å²) in [6, 6.07) is 1.80. The summed E-state index contributed by atoms with van der Waals surface area (Å²) in [5, 5.41) is 11.7. The van der Waals surface area contributed by atoms with Crippen LogP contribution >= 0.6 is 11.3 Å². The van der Waals surface area contributed by atoms with Crippen molar-refractivity contribution in [3.63, 3.8) is 0 Å². The number of nitrogens with one attached hydrogen (secondary N) is 1. The number of thiophene rings is 1. The monoisotopic (exact) mass is 481 g/mol. The minimum Gasteiger partial charge on any atom is -0.462 e. The smallest absolute Gasteiger partial charge is 0.341 e. The van der Waals surface area contributed by atoms with Crippen molar-refractivity contribution < 1.29 is 19.1 Å². The van der Waals surface area contributed by atoms with Crippen LogP contribution in [-0.2, 0) is 11.3 Å². The molecular formula is C22H23N7O4S. The van der Waals surface area contributed by atoms with Crippen molar-refractivity contribution in [3.8, 4) is 11.3 Å². The van der Waals surface area contributed by atoms with Crippen LogP contribution in [0.15, 0.2) is 24.7 Å². The Bertz CT molecular complexity index is 1430. The maximum absolute atomic E-state index is 13.2. The predicted molar refractivity (Wildman–Crippen MR) is 126 cm³/mol. The number of aromatic nitrogens is 5. The number of rotatable bonds is 7. The van der Waals surface area contributed by atoms with Gasteiger partial charge in [-0.3, -0.25) is 14.3 Å². The Labute approximate surface area is 198 Å². The van der Waals surface area contributed by atoms with E-state index in [1.807, 2.05) is 24.7 Å². The van der Waals surface area contributed by atoms with Gasteiger partial charge in [0.1, 0.15) is 10.6 Å². The number of amides is 2. The molecule has 0 aliphatic heterocycles. The lowest BCUT2D eigenvalue weighted by Crippen LogP contribution is -2.15. The van der Waals surface area contributed by atoms with E-state index in [2.05, 4.69) is 20.5 Å².